The van der Waals surface area contributed by atoms with Crippen molar-refractivity contribution < 1.29 is 23.1 Å². The van der Waals surface area contributed by atoms with Gasteiger partial charge in [0.15, 0.2) is 11.6 Å². The van der Waals surface area contributed by atoms with Crippen LogP contribution in [-0.4, -0.2) is 24.8 Å². The van der Waals surface area contributed by atoms with Gasteiger partial charge in [-0.25, -0.2) is 8.78 Å². The molecular weight excluding hydrogens is 723 g/mol. The Kier molecular flexibility index (Phi) is 18.4. The van der Waals surface area contributed by atoms with E-state index in [-0.39, 0.29) is 30.6 Å². The van der Waals surface area contributed by atoms with Gasteiger partial charge < -0.3 is 4.74 Å². The Morgan fingerprint density at radius 2 is 0.672 bits per heavy atom. The van der Waals surface area contributed by atoms with Crippen LogP contribution in [-0.2, 0) is 30.4 Å². The van der Waals surface area contributed by atoms with Crippen LogP contribution in [0.15, 0.2) is 146 Å². The minimum Gasteiger partial charge on any atom is -0.381 e. The first-order valence-electron chi connectivity index (χ1n) is 19.5. The molecular formula is C53H54F2O3. The molecule has 0 amide bonds. The molecule has 1 aliphatic heterocycles. The number of carbonyl (C=O) groups is 2. The summed E-state index contributed by atoms with van der Waals surface area (Å²) in [7, 11) is 0. The van der Waals surface area contributed by atoms with Crippen LogP contribution in [0, 0.1) is 11.6 Å². The number of halogens is 2. The van der Waals surface area contributed by atoms with Gasteiger partial charge in [-0.15, -0.1) is 0 Å². The Hall–Kier alpha value is -6.04. The van der Waals surface area contributed by atoms with Gasteiger partial charge in [0.05, 0.1) is 0 Å². The summed E-state index contributed by atoms with van der Waals surface area (Å²) in [4.78, 5) is 22.6. The van der Waals surface area contributed by atoms with Crippen molar-refractivity contribution in [1.82, 2.24) is 0 Å². The molecule has 6 aromatic rings. The predicted octanol–water partition coefficient (Wildman–Crippen LogP) is 13.4. The van der Waals surface area contributed by atoms with E-state index in [2.05, 4.69) is 24.3 Å². The molecule has 1 fully saturated rings. The van der Waals surface area contributed by atoms with Gasteiger partial charge in [0, 0.05) is 24.3 Å². The van der Waals surface area contributed by atoms with Gasteiger partial charge >= 0.3 is 0 Å². The lowest BCUT2D eigenvalue weighted by Crippen LogP contribution is -1.96. The summed E-state index contributed by atoms with van der Waals surface area (Å²) in [5, 5.41) is 0. The first kappa shape index (κ1) is 44.7. The maximum Gasteiger partial charge on any atom is 0.159 e. The summed E-state index contributed by atoms with van der Waals surface area (Å²) < 4.78 is 30.8. The number of rotatable bonds is 12. The van der Waals surface area contributed by atoms with E-state index in [0.29, 0.717) is 0 Å². The van der Waals surface area contributed by atoms with Crippen molar-refractivity contribution >= 4 is 35.9 Å². The van der Waals surface area contributed by atoms with Crippen molar-refractivity contribution in [2.75, 3.05) is 13.2 Å². The molecule has 0 atom stereocenters. The molecule has 58 heavy (non-hydrogen) atoms. The average molecular weight is 777 g/mol. The van der Waals surface area contributed by atoms with Crippen LogP contribution in [0.4, 0.5) is 8.78 Å². The highest BCUT2D eigenvalue weighted by Crippen LogP contribution is 2.16. The Labute approximate surface area is 343 Å². The second-order valence-corrected chi connectivity index (χ2v) is 14.1. The molecule has 0 spiro atoms. The molecule has 0 saturated carbocycles. The molecule has 298 valence electrons. The highest BCUT2D eigenvalue weighted by atomic mass is 19.1. The summed E-state index contributed by atoms with van der Waals surface area (Å²) in [5.74, 6) is -0.235. The van der Waals surface area contributed by atoms with E-state index in [0.717, 1.165) is 77.8 Å². The number of benzene rings is 6. The van der Waals surface area contributed by atoms with Gasteiger partial charge in [0.25, 0.3) is 0 Å². The number of ether oxygens (including phenoxy) is 1. The number of aryl methyl sites for hydroxylation is 4. The Morgan fingerprint density at radius 1 is 0.431 bits per heavy atom. The molecule has 0 unspecified atom stereocenters. The predicted molar refractivity (Wildman–Crippen MR) is 238 cm³/mol. The highest BCUT2D eigenvalue weighted by molar-refractivity contribution is 5.94. The maximum absolute atomic E-state index is 12.9. The second-order valence-electron chi connectivity index (χ2n) is 14.1. The van der Waals surface area contributed by atoms with Gasteiger partial charge in [-0.3, -0.25) is 9.59 Å². The molecule has 0 bridgehead atoms. The zero-order valence-corrected chi connectivity index (χ0v) is 32.8. The third kappa shape index (κ3) is 15.8. The van der Waals surface area contributed by atoms with Gasteiger partial charge in [0.1, 0.15) is 11.6 Å². The van der Waals surface area contributed by atoms with Crippen LogP contribution in [0.2, 0.25) is 0 Å². The lowest BCUT2D eigenvalue weighted by Gasteiger charge is -2.06. The quantitative estimate of drug-likeness (QED) is 0.0918. The summed E-state index contributed by atoms with van der Waals surface area (Å²) in [6.07, 6.45) is 14.4. The normalized spacial score (nSPS) is 11.9. The van der Waals surface area contributed by atoms with E-state index >= 15 is 0 Å². The third-order valence-corrected chi connectivity index (χ3v) is 9.59. The van der Waals surface area contributed by atoms with Gasteiger partial charge in [0.2, 0.25) is 0 Å². The van der Waals surface area contributed by atoms with E-state index in [9.17, 15) is 18.4 Å². The molecule has 0 N–H and O–H groups in total. The van der Waals surface area contributed by atoms with Crippen LogP contribution in [0.3, 0.4) is 0 Å². The SMILES string of the molecule is C.C1CCOC1.CC(=O)c1ccc(/C=C/c2ccc(/C=C/c3ccc(F)cc3)cc2)cc1.CC(=O)c1ccc(CCc2ccc(CCc3ccc(F)cc3)cc2)cc1. The number of hydrogen-bond donors (Lipinski definition) is 0. The maximum atomic E-state index is 12.9. The van der Waals surface area contributed by atoms with E-state index in [4.69, 9.17) is 4.74 Å². The van der Waals surface area contributed by atoms with Crippen LogP contribution in [0.25, 0.3) is 24.3 Å². The Balaban J connectivity index is 0.000000225. The van der Waals surface area contributed by atoms with Crippen LogP contribution >= 0.6 is 0 Å². The summed E-state index contributed by atoms with van der Waals surface area (Å²) in [5.41, 5.74) is 10.7. The molecule has 0 aromatic heterocycles. The van der Waals surface area contributed by atoms with E-state index in [1.165, 1.54) is 53.8 Å². The monoisotopic (exact) mass is 776 g/mol. The third-order valence-electron chi connectivity index (χ3n) is 9.59. The van der Waals surface area contributed by atoms with E-state index in [1.807, 2.05) is 109 Å². The fourth-order valence-electron chi connectivity index (χ4n) is 6.02. The van der Waals surface area contributed by atoms with Crippen molar-refractivity contribution in [2.45, 2.75) is 59.8 Å². The van der Waals surface area contributed by atoms with Crippen molar-refractivity contribution in [1.29, 1.82) is 0 Å². The fourth-order valence-corrected chi connectivity index (χ4v) is 6.02. The average Bonchev–Trinajstić information content (AvgIpc) is 3.84. The molecule has 1 heterocycles. The summed E-state index contributed by atoms with van der Waals surface area (Å²) in [6.45, 7) is 5.16. The smallest absolute Gasteiger partial charge is 0.159 e. The number of hydrogen-bond acceptors (Lipinski definition) is 3. The van der Waals surface area contributed by atoms with Crippen molar-refractivity contribution in [2.24, 2.45) is 0 Å². The minimum absolute atomic E-state index is 0. The summed E-state index contributed by atoms with van der Waals surface area (Å²) >= 11 is 0. The molecule has 7 rings (SSSR count). The standard InChI is InChI=1S/C24H23FO.C24H19FO.C4H8O.CH4/c2*1-18(26)23-14-10-21(11-15-23)8-6-19-2-4-20(5-3-19)7-9-22-12-16-24(25)17-13-22;1-2-4-5-3-1;/h2-5,10-17H,6-9H2,1H3;2-17H,1H3;1-4H2;1H4/b;8-6+,9-7+;;. The zero-order chi connectivity index (χ0) is 40.2. The van der Waals surface area contributed by atoms with E-state index < -0.39 is 0 Å². The topological polar surface area (TPSA) is 43.4 Å². The van der Waals surface area contributed by atoms with Gasteiger partial charge in [-0.1, -0.05) is 153 Å². The van der Waals surface area contributed by atoms with E-state index in [1.54, 1.807) is 26.0 Å². The molecule has 0 aliphatic carbocycles. The van der Waals surface area contributed by atoms with Crippen molar-refractivity contribution in [3.8, 4) is 0 Å². The first-order valence-corrected chi connectivity index (χ1v) is 19.5. The van der Waals surface area contributed by atoms with Crippen LogP contribution in [0.1, 0.15) is 99.3 Å². The van der Waals surface area contributed by atoms with Crippen molar-refractivity contribution in [3.63, 3.8) is 0 Å². The number of ketones is 2. The fraction of sp³-hybridized carbons (Fsp3) is 0.208. The molecule has 5 heteroatoms. The molecule has 1 saturated heterocycles. The second kappa shape index (κ2) is 23.9. The first-order chi connectivity index (χ1) is 27.7. The Bertz CT molecular complexity index is 2170. The highest BCUT2D eigenvalue weighted by Gasteiger charge is 2.02. The molecule has 0 radical (unpaired) electrons. The van der Waals surface area contributed by atoms with Crippen molar-refractivity contribution in [3.05, 3.63) is 213 Å². The molecule has 6 aromatic carbocycles. The lowest BCUT2D eigenvalue weighted by molar-refractivity contribution is 0.100. The number of carbonyl (C=O) groups excluding carboxylic acids is 2. The summed E-state index contributed by atoms with van der Waals surface area (Å²) in [6, 6.07) is 45.5. The van der Waals surface area contributed by atoms with Gasteiger partial charge in [-0.2, -0.15) is 0 Å². The molecule has 1 aliphatic rings. The lowest BCUT2D eigenvalue weighted by atomic mass is 9.99. The number of Topliss-reactive ketones (excluding diaryl/α,β-unsaturated/α-hetero) is 2. The van der Waals surface area contributed by atoms with Gasteiger partial charge in [-0.05, 0) is 121 Å². The van der Waals surface area contributed by atoms with Crippen LogP contribution in [0.5, 0.6) is 0 Å². The minimum atomic E-state index is -0.228. The molecule has 3 nitrogen and oxygen atoms in total. The van der Waals surface area contributed by atoms with Crippen LogP contribution < -0.4 is 0 Å². The largest absolute Gasteiger partial charge is 0.381 e. The zero-order valence-electron chi connectivity index (χ0n) is 32.8. The Morgan fingerprint density at radius 3 is 0.966 bits per heavy atom.